The van der Waals surface area contributed by atoms with Crippen molar-refractivity contribution in [1.82, 2.24) is 0 Å². The number of aliphatic hydroxyl groups excluding tert-OH is 1. The summed E-state index contributed by atoms with van der Waals surface area (Å²) in [5, 5.41) is 10.1. The van der Waals surface area contributed by atoms with Crippen LogP contribution in [0, 0.1) is 0 Å². The second kappa shape index (κ2) is 7.08. The van der Waals surface area contributed by atoms with Crippen LogP contribution in [0.5, 0.6) is 0 Å². The Balaban J connectivity index is 2.17. The van der Waals surface area contributed by atoms with Gasteiger partial charge in [0.05, 0.1) is 11.7 Å². The van der Waals surface area contributed by atoms with Gasteiger partial charge in [-0.3, -0.25) is 0 Å². The minimum atomic E-state index is -0.295. The lowest BCUT2D eigenvalue weighted by Gasteiger charge is -2.38. The van der Waals surface area contributed by atoms with Crippen LogP contribution in [0.3, 0.4) is 0 Å². The Kier molecular flexibility index (Phi) is 6.07. The molecule has 2 unspecified atom stereocenters. The van der Waals surface area contributed by atoms with Crippen molar-refractivity contribution in [1.29, 1.82) is 0 Å². The lowest BCUT2D eigenvalue weighted by atomic mass is 9.87. The molecule has 0 saturated carbocycles. The molecule has 0 aromatic carbocycles. The fourth-order valence-corrected chi connectivity index (χ4v) is 2.33. The molecule has 2 heteroatoms. The van der Waals surface area contributed by atoms with Gasteiger partial charge in [0.15, 0.2) is 0 Å². The summed E-state index contributed by atoms with van der Waals surface area (Å²) in [7, 11) is 0. The second-order valence-corrected chi connectivity index (χ2v) is 5.06. The molecule has 0 amide bonds. The van der Waals surface area contributed by atoms with Crippen LogP contribution in [-0.4, -0.2) is 23.4 Å². The maximum absolute atomic E-state index is 10.1. The Morgan fingerprint density at radius 2 is 2.19 bits per heavy atom. The van der Waals surface area contributed by atoms with Gasteiger partial charge in [-0.2, -0.15) is 0 Å². The summed E-state index contributed by atoms with van der Waals surface area (Å²) in [6.07, 6.45) is 10.4. The average molecular weight is 226 g/mol. The summed E-state index contributed by atoms with van der Waals surface area (Å²) >= 11 is 0. The van der Waals surface area contributed by atoms with E-state index in [0.717, 1.165) is 38.7 Å². The van der Waals surface area contributed by atoms with Crippen molar-refractivity contribution in [2.24, 2.45) is 0 Å². The minimum Gasteiger partial charge on any atom is -0.390 e. The van der Waals surface area contributed by atoms with Crippen LogP contribution in [0.1, 0.15) is 58.3 Å². The van der Waals surface area contributed by atoms with Gasteiger partial charge < -0.3 is 9.84 Å². The molecule has 16 heavy (non-hydrogen) atoms. The van der Waals surface area contributed by atoms with E-state index in [1.165, 1.54) is 19.3 Å². The van der Waals surface area contributed by atoms with Crippen LogP contribution in [0.4, 0.5) is 0 Å². The van der Waals surface area contributed by atoms with Crippen molar-refractivity contribution < 1.29 is 9.84 Å². The molecule has 2 atom stereocenters. The van der Waals surface area contributed by atoms with Crippen molar-refractivity contribution in [3.8, 4) is 0 Å². The molecule has 1 heterocycles. The highest BCUT2D eigenvalue weighted by Crippen LogP contribution is 2.30. The molecular weight excluding hydrogens is 200 g/mol. The smallest absolute Gasteiger partial charge is 0.0912 e. The van der Waals surface area contributed by atoms with Crippen molar-refractivity contribution in [2.75, 3.05) is 6.61 Å². The highest BCUT2D eigenvalue weighted by atomic mass is 16.5. The number of unbranched alkanes of at least 4 members (excludes halogenated alkanes) is 3. The monoisotopic (exact) mass is 226 g/mol. The SMILES string of the molecule is C=CCCCCCC(O)C1(C)CCCCO1. The number of allylic oxidation sites excluding steroid dienone is 1. The van der Waals surface area contributed by atoms with E-state index in [2.05, 4.69) is 13.5 Å². The quantitative estimate of drug-likeness (QED) is 0.532. The highest BCUT2D eigenvalue weighted by Gasteiger charge is 2.34. The summed E-state index contributed by atoms with van der Waals surface area (Å²) in [6, 6.07) is 0. The van der Waals surface area contributed by atoms with Gasteiger partial charge in [0.25, 0.3) is 0 Å². The molecule has 0 bridgehead atoms. The fraction of sp³-hybridized carbons (Fsp3) is 0.857. The third-order valence-corrected chi connectivity index (χ3v) is 3.59. The van der Waals surface area contributed by atoms with Gasteiger partial charge in [0.2, 0.25) is 0 Å². The number of aliphatic hydroxyl groups is 1. The largest absolute Gasteiger partial charge is 0.390 e. The number of hydrogen-bond donors (Lipinski definition) is 1. The lowest BCUT2D eigenvalue weighted by Crippen LogP contribution is -2.44. The van der Waals surface area contributed by atoms with Gasteiger partial charge in [-0.05, 0) is 45.4 Å². The lowest BCUT2D eigenvalue weighted by molar-refractivity contribution is -0.138. The molecule has 0 spiro atoms. The molecule has 1 aliphatic rings. The molecule has 1 fully saturated rings. The number of hydrogen-bond acceptors (Lipinski definition) is 2. The fourth-order valence-electron chi connectivity index (χ4n) is 2.33. The van der Waals surface area contributed by atoms with Gasteiger partial charge >= 0.3 is 0 Å². The predicted octanol–water partition coefficient (Wildman–Crippen LogP) is 3.44. The molecule has 94 valence electrons. The van der Waals surface area contributed by atoms with Gasteiger partial charge in [0.1, 0.15) is 0 Å². The first-order valence-corrected chi connectivity index (χ1v) is 6.62. The zero-order chi connectivity index (χ0) is 11.9. The van der Waals surface area contributed by atoms with Crippen LogP contribution in [0.25, 0.3) is 0 Å². The third kappa shape index (κ3) is 4.26. The maximum atomic E-state index is 10.1. The Hall–Kier alpha value is -0.340. The molecule has 1 rings (SSSR count). The molecule has 0 aromatic heterocycles. The molecule has 0 aromatic rings. The van der Waals surface area contributed by atoms with E-state index in [1.807, 2.05) is 6.08 Å². The van der Waals surface area contributed by atoms with Crippen LogP contribution in [0.2, 0.25) is 0 Å². The maximum Gasteiger partial charge on any atom is 0.0912 e. The minimum absolute atomic E-state index is 0.281. The standard InChI is InChI=1S/C14H26O2/c1-3-4-5-6-7-10-13(15)14(2)11-8-9-12-16-14/h3,13,15H,1,4-12H2,2H3. The molecule has 1 saturated heterocycles. The molecule has 2 nitrogen and oxygen atoms in total. The van der Waals surface area contributed by atoms with E-state index in [9.17, 15) is 5.11 Å². The number of rotatable bonds is 7. The molecule has 1 N–H and O–H groups in total. The van der Waals surface area contributed by atoms with Crippen LogP contribution >= 0.6 is 0 Å². The highest BCUT2D eigenvalue weighted by molar-refractivity contribution is 4.86. The third-order valence-electron chi connectivity index (χ3n) is 3.59. The van der Waals surface area contributed by atoms with Crippen LogP contribution < -0.4 is 0 Å². The second-order valence-electron chi connectivity index (χ2n) is 5.06. The summed E-state index contributed by atoms with van der Waals surface area (Å²) in [5.41, 5.74) is -0.281. The molecule has 0 aliphatic carbocycles. The van der Waals surface area contributed by atoms with Crippen molar-refractivity contribution in [3.05, 3.63) is 12.7 Å². The van der Waals surface area contributed by atoms with E-state index < -0.39 is 0 Å². The van der Waals surface area contributed by atoms with Crippen LogP contribution in [0.15, 0.2) is 12.7 Å². The van der Waals surface area contributed by atoms with E-state index in [4.69, 9.17) is 4.74 Å². The average Bonchev–Trinajstić information content (AvgIpc) is 2.29. The summed E-state index contributed by atoms with van der Waals surface area (Å²) in [4.78, 5) is 0. The Bertz CT molecular complexity index is 195. The Labute approximate surface area is 99.7 Å². The van der Waals surface area contributed by atoms with Gasteiger partial charge in [0, 0.05) is 6.61 Å². The summed E-state index contributed by atoms with van der Waals surface area (Å²) < 4.78 is 5.74. The van der Waals surface area contributed by atoms with Gasteiger partial charge in [-0.15, -0.1) is 6.58 Å². The first-order chi connectivity index (χ1) is 7.69. The first kappa shape index (κ1) is 13.7. The zero-order valence-corrected chi connectivity index (χ0v) is 10.6. The summed E-state index contributed by atoms with van der Waals surface area (Å²) in [5.74, 6) is 0. The first-order valence-electron chi connectivity index (χ1n) is 6.62. The van der Waals surface area contributed by atoms with Gasteiger partial charge in [-0.25, -0.2) is 0 Å². The van der Waals surface area contributed by atoms with Gasteiger partial charge in [-0.1, -0.05) is 18.9 Å². The van der Waals surface area contributed by atoms with E-state index >= 15 is 0 Å². The van der Waals surface area contributed by atoms with Crippen LogP contribution in [-0.2, 0) is 4.74 Å². The Morgan fingerprint density at radius 3 is 2.81 bits per heavy atom. The van der Waals surface area contributed by atoms with Crippen molar-refractivity contribution in [3.63, 3.8) is 0 Å². The van der Waals surface area contributed by atoms with Crippen molar-refractivity contribution >= 4 is 0 Å². The van der Waals surface area contributed by atoms with E-state index in [0.29, 0.717) is 0 Å². The number of ether oxygens (including phenoxy) is 1. The molecular formula is C14H26O2. The summed E-state index contributed by atoms with van der Waals surface area (Å²) in [6.45, 7) is 6.57. The predicted molar refractivity (Wildman–Crippen MR) is 67.5 cm³/mol. The topological polar surface area (TPSA) is 29.5 Å². The normalized spacial score (nSPS) is 27.6. The van der Waals surface area contributed by atoms with E-state index in [1.54, 1.807) is 0 Å². The molecule has 1 aliphatic heterocycles. The van der Waals surface area contributed by atoms with Crippen molar-refractivity contribution in [2.45, 2.75) is 70.0 Å². The zero-order valence-electron chi connectivity index (χ0n) is 10.6. The molecule has 0 radical (unpaired) electrons. The Morgan fingerprint density at radius 1 is 1.38 bits per heavy atom. The van der Waals surface area contributed by atoms with E-state index in [-0.39, 0.29) is 11.7 Å².